The van der Waals surface area contributed by atoms with Gasteiger partial charge in [0, 0.05) is 6.54 Å². The normalized spacial score (nSPS) is 10.0. The second-order valence-corrected chi connectivity index (χ2v) is 4.61. The first-order chi connectivity index (χ1) is 10.6. The number of phenols is 1. The molecule has 0 saturated carbocycles. The Morgan fingerprint density at radius 3 is 2.50 bits per heavy atom. The second-order valence-electron chi connectivity index (χ2n) is 4.61. The lowest BCUT2D eigenvalue weighted by Gasteiger charge is -2.08. The van der Waals surface area contributed by atoms with Crippen molar-refractivity contribution in [1.82, 2.24) is 10.6 Å². The summed E-state index contributed by atoms with van der Waals surface area (Å²) in [5, 5.41) is 14.5. The summed E-state index contributed by atoms with van der Waals surface area (Å²) in [6.45, 7) is 0.0857. The lowest BCUT2D eigenvalue weighted by atomic mass is 10.2. The SMILES string of the molecule is O=C(CNC(=O)c1cc(F)ccc1O)NCc1ccccc1. The number of carbonyl (C=O) groups excluding carboxylic acids is 2. The van der Waals surface area contributed by atoms with Crippen LogP contribution in [0.25, 0.3) is 0 Å². The summed E-state index contributed by atoms with van der Waals surface area (Å²) in [5.41, 5.74) is 0.723. The molecule has 2 aromatic carbocycles. The van der Waals surface area contributed by atoms with Gasteiger partial charge in [0.25, 0.3) is 5.91 Å². The van der Waals surface area contributed by atoms with Gasteiger partial charge in [-0.15, -0.1) is 0 Å². The van der Waals surface area contributed by atoms with Gasteiger partial charge in [-0.05, 0) is 23.8 Å². The van der Waals surface area contributed by atoms with Crippen molar-refractivity contribution < 1.29 is 19.1 Å². The van der Waals surface area contributed by atoms with E-state index in [2.05, 4.69) is 10.6 Å². The maximum Gasteiger partial charge on any atom is 0.255 e. The predicted octanol–water partition coefficient (Wildman–Crippen LogP) is 1.58. The summed E-state index contributed by atoms with van der Waals surface area (Å²) in [4.78, 5) is 23.4. The Morgan fingerprint density at radius 2 is 1.77 bits per heavy atom. The molecule has 0 aliphatic carbocycles. The van der Waals surface area contributed by atoms with Crippen LogP contribution in [0, 0.1) is 5.82 Å². The number of rotatable bonds is 5. The van der Waals surface area contributed by atoms with Gasteiger partial charge in [0.1, 0.15) is 11.6 Å². The summed E-state index contributed by atoms with van der Waals surface area (Å²) in [6, 6.07) is 12.3. The fourth-order valence-corrected chi connectivity index (χ4v) is 1.80. The minimum atomic E-state index is -0.716. The third kappa shape index (κ3) is 4.31. The van der Waals surface area contributed by atoms with Gasteiger partial charge >= 0.3 is 0 Å². The molecule has 114 valence electrons. The number of benzene rings is 2. The molecule has 0 bridgehead atoms. The average molecular weight is 302 g/mol. The number of halogens is 1. The molecule has 0 heterocycles. The molecule has 3 N–H and O–H groups in total. The Bertz CT molecular complexity index is 674. The Hall–Kier alpha value is -2.89. The largest absolute Gasteiger partial charge is 0.507 e. The van der Waals surface area contributed by atoms with Gasteiger partial charge in [-0.25, -0.2) is 4.39 Å². The van der Waals surface area contributed by atoms with Crippen LogP contribution < -0.4 is 10.6 Å². The summed E-state index contributed by atoms with van der Waals surface area (Å²) in [6.07, 6.45) is 0. The van der Waals surface area contributed by atoms with Crippen molar-refractivity contribution in [2.24, 2.45) is 0 Å². The molecule has 0 aromatic heterocycles. The minimum absolute atomic E-state index is 0.212. The number of carbonyl (C=O) groups is 2. The lowest BCUT2D eigenvalue weighted by molar-refractivity contribution is -0.120. The van der Waals surface area contributed by atoms with Crippen LogP contribution in [0.15, 0.2) is 48.5 Å². The summed E-state index contributed by atoms with van der Waals surface area (Å²) in [7, 11) is 0. The summed E-state index contributed by atoms with van der Waals surface area (Å²) < 4.78 is 13.0. The van der Waals surface area contributed by atoms with E-state index in [1.165, 1.54) is 0 Å². The topological polar surface area (TPSA) is 78.4 Å². The van der Waals surface area contributed by atoms with E-state index in [4.69, 9.17) is 0 Å². The quantitative estimate of drug-likeness (QED) is 0.784. The smallest absolute Gasteiger partial charge is 0.255 e. The molecule has 2 amide bonds. The van der Waals surface area contributed by atoms with Crippen LogP contribution in [0.3, 0.4) is 0 Å². The number of aromatic hydroxyl groups is 1. The highest BCUT2D eigenvalue weighted by Crippen LogP contribution is 2.17. The molecule has 0 atom stereocenters. The highest BCUT2D eigenvalue weighted by molar-refractivity contribution is 5.98. The fourth-order valence-electron chi connectivity index (χ4n) is 1.80. The molecule has 6 heteroatoms. The number of hydrogen-bond acceptors (Lipinski definition) is 3. The van der Waals surface area contributed by atoms with E-state index in [-0.39, 0.29) is 23.8 Å². The molecule has 5 nitrogen and oxygen atoms in total. The van der Waals surface area contributed by atoms with Gasteiger partial charge in [0.05, 0.1) is 12.1 Å². The minimum Gasteiger partial charge on any atom is -0.507 e. The van der Waals surface area contributed by atoms with Crippen LogP contribution >= 0.6 is 0 Å². The average Bonchev–Trinajstić information content (AvgIpc) is 2.54. The second kappa shape index (κ2) is 7.21. The van der Waals surface area contributed by atoms with Crippen LogP contribution in [0.2, 0.25) is 0 Å². The maximum atomic E-state index is 13.0. The molecular formula is C16H15FN2O3. The van der Waals surface area contributed by atoms with E-state index in [1.54, 1.807) is 0 Å². The zero-order chi connectivity index (χ0) is 15.9. The summed E-state index contributed by atoms with van der Waals surface area (Å²) in [5.74, 6) is -2.08. The Labute approximate surface area is 126 Å². The molecule has 0 spiro atoms. The Balaban J connectivity index is 1.83. The first kappa shape index (κ1) is 15.5. The first-order valence-electron chi connectivity index (χ1n) is 6.63. The third-order valence-electron chi connectivity index (χ3n) is 2.95. The molecule has 22 heavy (non-hydrogen) atoms. The molecule has 0 radical (unpaired) electrons. The van der Waals surface area contributed by atoms with Crippen molar-refractivity contribution in [3.8, 4) is 5.75 Å². The lowest BCUT2D eigenvalue weighted by Crippen LogP contribution is -2.36. The maximum absolute atomic E-state index is 13.0. The zero-order valence-corrected chi connectivity index (χ0v) is 11.7. The van der Waals surface area contributed by atoms with E-state index in [9.17, 15) is 19.1 Å². The van der Waals surface area contributed by atoms with Crippen molar-refractivity contribution in [3.63, 3.8) is 0 Å². The molecular weight excluding hydrogens is 287 g/mol. The first-order valence-corrected chi connectivity index (χ1v) is 6.63. The van der Waals surface area contributed by atoms with Gasteiger partial charge in [0.2, 0.25) is 5.91 Å². The van der Waals surface area contributed by atoms with E-state index >= 15 is 0 Å². The van der Waals surface area contributed by atoms with Crippen LogP contribution in [0.5, 0.6) is 5.75 Å². The predicted molar refractivity (Wildman–Crippen MR) is 78.7 cm³/mol. The van der Waals surface area contributed by atoms with Crippen molar-refractivity contribution in [1.29, 1.82) is 0 Å². The summed E-state index contributed by atoms with van der Waals surface area (Å²) >= 11 is 0. The van der Waals surface area contributed by atoms with Crippen LogP contribution in [-0.4, -0.2) is 23.5 Å². The van der Waals surface area contributed by atoms with E-state index in [0.717, 1.165) is 23.8 Å². The van der Waals surface area contributed by atoms with Gasteiger partial charge < -0.3 is 15.7 Å². The Morgan fingerprint density at radius 1 is 1.05 bits per heavy atom. The molecule has 0 unspecified atom stereocenters. The molecule has 0 fully saturated rings. The van der Waals surface area contributed by atoms with Crippen LogP contribution in [-0.2, 0) is 11.3 Å². The van der Waals surface area contributed by atoms with E-state index in [1.807, 2.05) is 30.3 Å². The standard InChI is InChI=1S/C16H15FN2O3/c17-12-6-7-14(20)13(8-12)16(22)19-10-15(21)18-9-11-4-2-1-3-5-11/h1-8,20H,9-10H2,(H,18,21)(H,19,22). The molecule has 0 aliphatic rings. The highest BCUT2D eigenvalue weighted by Gasteiger charge is 2.13. The van der Waals surface area contributed by atoms with Crippen molar-refractivity contribution in [2.45, 2.75) is 6.54 Å². The molecule has 0 saturated heterocycles. The molecule has 2 aromatic rings. The number of nitrogens with one attached hydrogen (secondary N) is 2. The van der Waals surface area contributed by atoms with Crippen molar-refractivity contribution >= 4 is 11.8 Å². The highest BCUT2D eigenvalue weighted by atomic mass is 19.1. The molecule has 0 aliphatic heterocycles. The monoisotopic (exact) mass is 302 g/mol. The number of phenolic OH excluding ortho intramolecular Hbond substituents is 1. The van der Waals surface area contributed by atoms with Crippen LogP contribution in [0.4, 0.5) is 4.39 Å². The third-order valence-corrected chi connectivity index (χ3v) is 2.95. The Kier molecular flexibility index (Phi) is 5.08. The van der Waals surface area contributed by atoms with Gasteiger partial charge in [-0.1, -0.05) is 30.3 Å². The fraction of sp³-hybridized carbons (Fsp3) is 0.125. The van der Waals surface area contributed by atoms with Gasteiger partial charge in [-0.2, -0.15) is 0 Å². The van der Waals surface area contributed by atoms with Crippen LogP contribution in [0.1, 0.15) is 15.9 Å². The van der Waals surface area contributed by atoms with Gasteiger partial charge in [0.15, 0.2) is 0 Å². The number of amides is 2. The van der Waals surface area contributed by atoms with Crippen molar-refractivity contribution in [2.75, 3.05) is 6.54 Å². The van der Waals surface area contributed by atoms with E-state index < -0.39 is 11.7 Å². The molecule has 2 rings (SSSR count). The van der Waals surface area contributed by atoms with Crippen molar-refractivity contribution in [3.05, 3.63) is 65.5 Å². The van der Waals surface area contributed by atoms with Gasteiger partial charge in [-0.3, -0.25) is 9.59 Å². The van der Waals surface area contributed by atoms with E-state index in [0.29, 0.717) is 6.54 Å². The number of hydrogen-bond donors (Lipinski definition) is 3. The zero-order valence-electron chi connectivity index (χ0n) is 11.7.